The van der Waals surface area contributed by atoms with E-state index in [1.54, 1.807) is 6.92 Å². The molecule has 12 heteroatoms. The van der Waals surface area contributed by atoms with Gasteiger partial charge in [-0.15, -0.1) is 0 Å². The molecule has 1 amide bonds. The molecular weight excluding hydrogens is 374 g/mol. The fourth-order valence-electron chi connectivity index (χ4n) is 1.63. The van der Waals surface area contributed by atoms with Crippen LogP contribution in [0.15, 0.2) is 11.1 Å². The zero-order chi connectivity index (χ0) is 16.5. The van der Waals surface area contributed by atoms with E-state index in [9.17, 15) is 14.5 Å². The van der Waals surface area contributed by atoms with E-state index in [4.69, 9.17) is 22.0 Å². The van der Waals surface area contributed by atoms with Crippen LogP contribution in [0.5, 0.6) is 5.75 Å². The summed E-state index contributed by atoms with van der Waals surface area (Å²) in [4.78, 5) is 33.3. The molecule has 2 rings (SSSR count). The van der Waals surface area contributed by atoms with Crippen molar-refractivity contribution in [3.8, 4) is 5.75 Å². The predicted octanol–water partition coefficient (Wildman–Crippen LogP) is 0.813. The van der Waals surface area contributed by atoms with Crippen molar-refractivity contribution in [2.75, 3.05) is 0 Å². The Kier molecular flexibility index (Phi) is 7.39. The molecule has 4 N–H and O–H groups in total. The monoisotopic (exact) mass is 385 g/mol. The first kappa shape index (κ1) is 20.8. The number of thiocarbonyl (C=S) groups is 1. The number of carbonyl (C=O) groups is 1. The smallest absolute Gasteiger partial charge is 0.469 e. The summed E-state index contributed by atoms with van der Waals surface area (Å²) in [5.41, 5.74) is 0.728. The van der Waals surface area contributed by atoms with Crippen LogP contribution in [-0.4, -0.2) is 59.7 Å². The van der Waals surface area contributed by atoms with Gasteiger partial charge in [0, 0.05) is 46.9 Å². The van der Waals surface area contributed by atoms with Crippen molar-refractivity contribution in [2.24, 2.45) is 0 Å². The maximum Gasteiger partial charge on any atom is 0.469 e. The molecule has 0 bridgehead atoms. The maximum absolute atomic E-state index is 11.7. The van der Waals surface area contributed by atoms with Gasteiger partial charge in [0.2, 0.25) is 0 Å². The largest absolute Gasteiger partial charge is 0.505 e. The Bertz CT molecular complexity index is 735. The average Bonchev–Trinajstić information content (AvgIpc) is 2.71. The van der Waals surface area contributed by atoms with E-state index in [1.807, 2.05) is 0 Å². The van der Waals surface area contributed by atoms with Crippen molar-refractivity contribution in [3.63, 3.8) is 0 Å². The van der Waals surface area contributed by atoms with Crippen LogP contribution in [-0.2, 0) is 20.5 Å². The number of nitrogens with one attached hydrogen (secondary N) is 1. The van der Waals surface area contributed by atoms with Gasteiger partial charge in [0.25, 0.3) is 5.91 Å². The van der Waals surface area contributed by atoms with E-state index in [1.165, 1.54) is 12.3 Å². The Hall–Kier alpha value is -0.290. The molecule has 1 saturated heterocycles. The predicted molar refractivity (Wildman–Crippen MR) is 89.5 cm³/mol. The first-order valence-corrected chi connectivity index (χ1v) is 8.55. The number of carbonyl (C=O) groups excluding carboxylic acids is 1. The molecule has 1 radical (unpaired) electrons. The number of phosphoric ester groups is 1. The molecule has 1 aromatic heterocycles. The first-order valence-electron chi connectivity index (χ1n) is 5.80. The second kappa shape index (κ2) is 8.19. The van der Waals surface area contributed by atoms with Crippen molar-refractivity contribution in [3.05, 3.63) is 27.9 Å². The van der Waals surface area contributed by atoms with Crippen LogP contribution in [0.2, 0.25) is 0 Å². The standard InChI is InChI=1S/C11H11N2O6PS2.Na/c1-5-9(14)7(2-8-10(15)13-11(21)22-8)6(3-12-5)4-19-20(16,17)18;/h2-3,14H,4H2,1H3,(H,13,15,21)(H2,16,17,18);/b8-2-;. The second-order valence-corrected chi connectivity index (χ2v) is 7.21. The molecule has 119 valence electrons. The molecule has 1 aliphatic rings. The molecule has 0 spiro atoms. The number of hydrogen-bond acceptors (Lipinski definition) is 7. The molecular formula is C11H11N2NaO6PS2. The molecule has 0 aliphatic carbocycles. The summed E-state index contributed by atoms with van der Waals surface area (Å²) < 4.78 is 15.5. The van der Waals surface area contributed by atoms with Crippen LogP contribution in [0, 0.1) is 6.92 Å². The Morgan fingerprint density at radius 3 is 2.70 bits per heavy atom. The van der Waals surface area contributed by atoms with Gasteiger partial charge >= 0.3 is 7.82 Å². The summed E-state index contributed by atoms with van der Waals surface area (Å²) >= 11 is 5.89. The van der Waals surface area contributed by atoms with E-state index < -0.39 is 20.3 Å². The van der Waals surface area contributed by atoms with Crippen molar-refractivity contribution >= 4 is 77.7 Å². The molecule has 1 aliphatic heterocycles. The number of aryl methyl sites for hydroxylation is 1. The minimum atomic E-state index is -4.67. The van der Waals surface area contributed by atoms with Crippen molar-refractivity contribution in [1.82, 2.24) is 10.3 Å². The van der Waals surface area contributed by atoms with E-state index >= 15 is 0 Å². The van der Waals surface area contributed by atoms with E-state index in [2.05, 4.69) is 14.8 Å². The normalized spacial score (nSPS) is 16.4. The number of hydrogen-bond donors (Lipinski definition) is 4. The van der Waals surface area contributed by atoms with Crippen LogP contribution in [0.25, 0.3) is 6.08 Å². The summed E-state index contributed by atoms with van der Waals surface area (Å²) in [7, 11) is -4.67. The van der Waals surface area contributed by atoms with E-state index in [0.29, 0.717) is 5.69 Å². The minimum absolute atomic E-state index is 0. The van der Waals surface area contributed by atoms with E-state index in [-0.39, 0.29) is 55.7 Å². The Morgan fingerprint density at radius 2 is 2.17 bits per heavy atom. The zero-order valence-corrected chi connectivity index (χ0v) is 16.7. The van der Waals surface area contributed by atoms with Gasteiger partial charge in [-0.2, -0.15) is 0 Å². The number of amides is 1. The first-order chi connectivity index (χ1) is 10.2. The van der Waals surface area contributed by atoms with E-state index in [0.717, 1.165) is 11.8 Å². The molecule has 0 aromatic carbocycles. The van der Waals surface area contributed by atoms with Crippen LogP contribution < -0.4 is 5.32 Å². The number of phosphoric acid groups is 1. The second-order valence-electron chi connectivity index (χ2n) is 4.25. The third kappa shape index (κ3) is 5.63. The van der Waals surface area contributed by atoms with Gasteiger partial charge in [0.15, 0.2) is 0 Å². The average molecular weight is 385 g/mol. The SMILES string of the molecule is Cc1ncc(COP(=O)(O)O)c(/C=C2\SC(=S)NC2=O)c1O.[Na]. The third-order valence-corrected chi connectivity index (χ3v) is 4.29. The summed E-state index contributed by atoms with van der Waals surface area (Å²) in [6.45, 7) is 1.08. The molecule has 8 nitrogen and oxygen atoms in total. The molecule has 23 heavy (non-hydrogen) atoms. The summed E-state index contributed by atoms with van der Waals surface area (Å²) in [6.07, 6.45) is 2.69. The zero-order valence-electron chi connectivity index (χ0n) is 12.1. The van der Waals surface area contributed by atoms with Gasteiger partial charge in [-0.3, -0.25) is 14.3 Å². The Balaban J connectivity index is 0.00000264. The Morgan fingerprint density at radius 1 is 1.52 bits per heavy atom. The van der Waals surface area contributed by atoms with Gasteiger partial charge in [-0.1, -0.05) is 24.0 Å². The van der Waals surface area contributed by atoms with Gasteiger partial charge < -0.3 is 20.2 Å². The number of rotatable bonds is 4. The molecule has 0 atom stereocenters. The summed E-state index contributed by atoms with van der Waals surface area (Å²) in [5, 5.41) is 12.5. The fourth-order valence-corrected chi connectivity index (χ4v) is 2.97. The molecule has 0 unspecified atom stereocenters. The fraction of sp³-hybridized carbons (Fsp3) is 0.182. The summed E-state index contributed by atoms with van der Waals surface area (Å²) in [5.74, 6) is -0.615. The number of thioether (sulfide) groups is 1. The van der Waals surface area contributed by atoms with Crippen LogP contribution in [0.1, 0.15) is 16.8 Å². The molecule has 0 saturated carbocycles. The van der Waals surface area contributed by atoms with Crippen LogP contribution >= 0.6 is 31.8 Å². The van der Waals surface area contributed by atoms with Crippen LogP contribution in [0.3, 0.4) is 0 Å². The number of aromatic hydroxyl groups is 1. The van der Waals surface area contributed by atoms with Crippen molar-refractivity contribution in [1.29, 1.82) is 0 Å². The number of nitrogens with zero attached hydrogens (tertiary/aromatic N) is 1. The summed E-state index contributed by atoms with van der Waals surface area (Å²) in [6, 6.07) is 0. The van der Waals surface area contributed by atoms with Gasteiger partial charge in [0.1, 0.15) is 10.1 Å². The quantitative estimate of drug-likeness (QED) is 0.258. The van der Waals surface area contributed by atoms with Gasteiger partial charge in [-0.05, 0) is 13.0 Å². The molecule has 1 aromatic rings. The molecule has 1 fully saturated rings. The topological polar surface area (TPSA) is 129 Å². The number of pyridine rings is 1. The van der Waals surface area contributed by atoms with Gasteiger partial charge in [-0.25, -0.2) is 4.57 Å². The van der Waals surface area contributed by atoms with Gasteiger partial charge in [0.05, 0.1) is 17.2 Å². The minimum Gasteiger partial charge on any atom is -0.505 e. The Labute approximate surface area is 163 Å². The molecule has 2 heterocycles. The third-order valence-electron chi connectivity index (χ3n) is 2.66. The van der Waals surface area contributed by atoms with Crippen molar-refractivity contribution < 1.29 is 28.8 Å². The number of aromatic nitrogens is 1. The maximum atomic E-state index is 11.7. The van der Waals surface area contributed by atoms with Crippen LogP contribution in [0.4, 0.5) is 0 Å². The van der Waals surface area contributed by atoms with Crippen molar-refractivity contribution in [2.45, 2.75) is 13.5 Å².